The molecule has 1 rings (SSSR count). The average molecular weight is 282 g/mol. The van der Waals surface area contributed by atoms with E-state index in [0.717, 1.165) is 39.0 Å². The number of carbonyl (C=O) groups excluding carboxylic acids is 1. The van der Waals surface area contributed by atoms with Crippen LogP contribution in [0, 0.1) is 17.3 Å². The number of piperidine rings is 1. The monoisotopic (exact) mass is 282 g/mol. The first kappa shape index (κ1) is 17.5. The van der Waals surface area contributed by atoms with Gasteiger partial charge in [-0.3, -0.25) is 4.79 Å². The average Bonchev–Trinajstić information content (AvgIpc) is 2.49. The van der Waals surface area contributed by atoms with E-state index in [9.17, 15) is 4.79 Å². The molecule has 0 radical (unpaired) electrons. The zero-order chi connectivity index (χ0) is 15.2. The molecule has 1 N–H and O–H groups in total. The Balaban J connectivity index is 2.72. The molecule has 1 saturated heterocycles. The molecular formula is C17H34N2O. The Bertz CT molecular complexity index is 291. The first-order chi connectivity index (χ1) is 9.47. The van der Waals surface area contributed by atoms with Crippen LogP contribution in [-0.2, 0) is 4.79 Å². The first-order valence-corrected chi connectivity index (χ1v) is 8.47. The minimum atomic E-state index is -0.241. The zero-order valence-electron chi connectivity index (χ0n) is 14.2. The van der Waals surface area contributed by atoms with E-state index in [-0.39, 0.29) is 5.41 Å². The maximum absolute atomic E-state index is 13.0. The molecule has 0 aromatic rings. The van der Waals surface area contributed by atoms with Crippen LogP contribution < -0.4 is 5.32 Å². The van der Waals surface area contributed by atoms with E-state index in [0.29, 0.717) is 17.7 Å². The largest absolute Gasteiger partial charge is 0.342 e. The van der Waals surface area contributed by atoms with Crippen LogP contribution in [0.4, 0.5) is 0 Å². The predicted octanol–water partition coefficient (Wildman–Crippen LogP) is 3.30. The topological polar surface area (TPSA) is 32.3 Å². The Morgan fingerprint density at radius 1 is 1.30 bits per heavy atom. The van der Waals surface area contributed by atoms with Crippen molar-refractivity contribution >= 4 is 5.91 Å². The third-order valence-electron chi connectivity index (χ3n) is 5.17. The fourth-order valence-corrected chi connectivity index (χ4v) is 3.26. The fourth-order valence-electron chi connectivity index (χ4n) is 3.26. The van der Waals surface area contributed by atoms with Gasteiger partial charge in [-0.15, -0.1) is 0 Å². The molecule has 20 heavy (non-hydrogen) atoms. The van der Waals surface area contributed by atoms with E-state index in [2.05, 4.69) is 44.8 Å². The summed E-state index contributed by atoms with van der Waals surface area (Å²) in [7, 11) is 0. The molecule has 3 heteroatoms. The Morgan fingerprint density at radius 2 is 1.95 bits per heavy atom. The van der Waals surface area contributed by atoms with Crippen molar-refractivity contribution in [2.45, 2.75) is 60.3 Å². The van der Waals surface area contributed by atoms with Crippen molar-refractivity contribution in [1.82, 2.24) is 10.2 Å². The summed E-state index contributed by atoms with van der Waals surface area (Å²) in [6, 6.07) is 0. The van der Waals surface area contributed by atoms with Gasteiger partial charge < -0.3 is 10.2 Å². The van der Waals surface area contributed by atoms with Gasteiger partial charge >= 0.3 is 0 Å². The van der Waals surface area contributed by atoms with Crippen LogP contribution in [0.1, 0.15) is 60.3 Å². The summed E-state index contributed by atoms with van der Waals surface area (Å²) in [5.74, 6) is 1.46. The lowest BCUT2D eigenvalue weighted by Crippen LogP contribution is -2.49. The fraction of sp³-hybridized carbons (Fsp3) is 0.941. The van der Waals surface area contributed by atoms with Crippen molar-refractivity contribution in [3.63, 3.8) is 0 Å². The summed E-state index contributed by atoms with van der Waals surface area (Å²) in [4.78, 5) is 15.1. The maximum Gasteiger partial charge on any atom is 0.228 e. The Morgan fingerprint density at radius 3 is 2.40 bits per heavy atom. The molecule has 1 aliphatic rings. The van der Waals surface area contributed by atoms with Crippen molar-refractivity contribution in [3.05, 3.63) is 0 Å². The standard InChI is InChI=1S/C17H34N2O/c1-6-14(7-2)13-19(8-3)16(20)17(4,5)15-10-9-11-18-12-15/h14-15,18H,6-13H2,1-5H3. The van der Waals surface area contributed by atoms with Crippen molar-refractivity contribution in [2.24, 2.45) is 17.3 Å². The van der Waals surface area contributed by atoms with E-state index in [1.54, 1.807) is 0 Å². The van der Waals surface area contributed by atoms with Gasteiger partial charge in [0, 0.05) is 18.5 Å². The molecular weight excluding hydrogens is 248 g/mol. The van der Waals surface area contributed by atoms with Crippen LogP contribution in [0.5, 0.6) is 0 Å². The van der Waals surface area contributed by atoms with Gasteiger partial charge in [-0.2, -0.15) is 0 Å². The number of rotatable bonds is 7. The quantitative estimate of drug-likeness (QED) is 0.777. The molecule has 0 aromatic heterocycles. The number of hydrogen-bond acceptors (Lipinski definition) is 2. The molecule has 0 spiro atoms. The minimum Gasteiger partial charge on any atom is -0.342 e. The number of nitrogens with one attached hydrogen (secondary N) is 1. The number of amides is 1. The second-order valence-electron chi connectivity index (χ2n) is 6.79. The Kier molecular flexibility index (Phi) is 7.01. The summed E-state index contributed by atoms with van der Waals surface area (Å²) < 4.78 is 0. The Hall–Kier alpha value is -0.570. The molecule has 3 nitrogen and oxygen atoms in total. The van der Waals surface area contributed by atoms with E-state index in [1.165, 1.54) is 12.8 Å². The summed E-state index contributed by atoms with van der Waals surface area (Å²) in [5.41, 5.74) is -0.241. The summed E-state index contributed by atoms with van der Waals surface area (Å²) in [6.45, 7) is 14.7. The molecule has 0 bridgehead atoms. The van der Waals surface area contributed by atoms with Gasteiger partial charge in [0.15, 0.2) is 0 Å². The van der Waals surface area contributed by atoms with Crippen molar-refractivity contribution in [2.75, 3.05) is 26.2 Å². The van der Waals surface area contributed by atoms with Crippen LogP contribution >= 0.6 is 0 Å². The van der Waals surface area contributed by atoms with Gasteiger partial charge in [0.05, 0.1) is 0 Å². The van der Waals surface area contributed by atoms with Crippen LogP contribution in [0.15, 0.2) is 0 Å². The molecule has 0 aliphatic carbocycles. The molecule has 1 fully saturated rings. The van der Waals surface area contributed by atoms with Gasteiger partial charge in [-0.05, 0) is 44.7 Å². The molecule has 1 aliphatic heterocycles. The van der Waals surface area contributed by atoms with Crippen LogP contribution in [-0.4, -0.2) is 37.0 Å². The molecule has 1 heterocycles. The van der Waals surface area contributed by atoms with Crippen molar-refractivity contribution in [3.8, 4) is 0 Å². The number of nitrogens with zero attached hydrogens (tertiary/aromatic N) is 1. The third-order valence-corrected chi connectivity index (χ3v) is 5.17. The van der Waals surface area contributed by atoms with Gasteiger partial charge in [0.25, 0.3) is 0 Å². The van der Waals surface area contributed by atoms with Gasteiger partial charge in [-0.25, -0.2) is 0 Å². The molecule has 1 amide bonds. The maximum atomic E-state index is 13.0. The van der Waals surface area contributed by atoms with Gasteiger partial charge in [-0.1, -0.05) is 40.5 Å². The van der Waals surface area contributed by atoms with Crippen molar-refractivity contribution in [1.29, 1.82) is 0 Å². The number of hydrogen-bond donors (Lipinski definition) is 1. The van der Waals surface area contributed by atoms with E-state index in [4.69, 9.17) is 0 Å². The van der Waals surface area contributed by atoms with Gasteiger partial charge in [0.2, 0.25) is 5.91 Å². The van der Waals surface area contributed by atoms with E-state index < -0.39 is 0 Å². The minimum absolute atomic E-state index is 0.241. The zero-order valence-corrected chi connectivity index (χ0v) is 14.2. The SMILES string of the molecule is CCC(CC)CN(CC)C(=O)C(C)(C)C1CCCNC1. The van der Waals surface area contributed by atoms with Gasteiger partial charge in [0.1, 0.15) is 0 Å². The second-order valence-corrected chi connectivity index (χ2v) is 6.79. The molecule has 1 unspecified atom stereocenters. The number of carbonyl (C=O) groups is 1. The van der Waals surface area contributed by atoms with Crippen LogP contribution in [0.25, 0.3) is 0 Å². The van der Waals surface area contributed by atoms with Crippen LogP contribution in [0.2, 0.25) is 0 Å². The predicted molar refractivity (Wildman–Crippen MR) is 85.7 cm³/mol. The van der Waals surface area contributed by atoms with Crippen molar-refractivity contribution < 1.29 is 4.79 Å². The summed E-state index contributed by atoms with van der Waals surface area (Å²) >= 11 is 0. The van der Waals surface area contributed by atoms with E-state index in [1.807, 2.05) is 0 Å². The molecule has 118 valence electrons. The third kappa shape index (κ3) is 4.21. The molecule has 1 atom stereocenters. The lowest BCUT2D eigenvalue weighted by Gasteiger charge is -2.40. The lowest BCUT2D eigenvalue weighted by molar-refractivity contribution is -0.144. The highest BCUT2D eigenvalue weighted by Gasteiger charge is 2.39. The highest BCUT2D eigenvalue weighted by molar-refractivity contribution is 5.82. The van der Waals surface area contributed by atoms with E-state index >= 15 is 0 Å². The normalized spacial score (nSPS) is 20.2. The molecule has 0 aromatic carbocycles. The highest BCUT2D eigenvalue weighted by atomic mass is 16.2. The lowest BCUT2D eigenvalue weighted by atomic mass is 9.74. The molecule has 0 saturated carbocycles. The van der Waals surface area contributed by atoms with Crippen LogP contribution in [0.3, 0.4) is 0 Å². The smallest absolute Gasteiger partial charge is 0.228 e. The second kappa shape index (κ2) is 8.02. The first-order valence-electron chi connectivity index (χ1n) is 8.47. The highest BCUT2D eigenvalue weighted by Crippen LogP contribution is 2.34. The summed E-state index contributed by atoms with van der Waals surface area (Å²) in [6.07, 6.45) is 4.69. The Labute approximate surface area is 125 Å². The summed E-state index contributed by atoms with van der Waals surface area (Å²) in [5, 5.41) is 3.45.